The van der Waals surface area contributed by atoms with Crippen molar-refractivity contribution in [1.82, 2.24) is 4.90 Å². The van der Waals surface area contributed by atoms with Crippen molar-refractivity contribution in [2.75, 3.05) is 32.9 Å². The van der Waals surface area contributed by atoms with Crippen LogP contribution in [-0.4, -0.2) is 43.7 Å². The van der Waals surface area contributed by atoms with Gasteiger partial charge in [0.2, 0.25) is 5.91 Å². The Bertz CT molecular complexity index is 615. The average molecular weight is 360 g/mol. The van der Waals surface area contributed by atoms with Gasteiger partial charge in [-0.1, -0.05) is 26.0 Å². The maximum atomic E-state index is 13.2. The molecule has 2 aliphatic heterocycles. The van der Waals surface area contributed by atoms with Crippen molar-refractivity contribution in [3.8, 4) is 5.75 Å². The first-order chi connectivity index (χ1) is 12.3. The van der Waals surface area contributed by atoms with Crippen LogP contribution in [0.1, 0.15) is 52.5 Å². The predicted molar refractivity (Wildman–Crippen MR) is 103 cm³/mol. The van der Waals surface area contributed by atoms with E-state index in [2.05, 4.69) is 18.7 Å². The third kappa shape index (κ3) is 4.06. The molecule has 1 amide bonds. The Morgan fingerprint density at radius 3 is 2.62 bits per heavy atom. The number of likely N-dealkylation sites (tertiary alicyclic amines) is 1. The lowest BCUT2D eigenvalue weighted by Gasteiger charge is -2.35. The van der Waals surface area contributed by atoms with Gasteiger partial charge >= 0.3 is 0 Å². The first-order valence-electron chi connectivity index (χ1n) is 9.93. The van der Waals surface area contributed by atoms with Gasteiger partial charge in [-0.2, -0.15) is 0 Å². The van der Waals surface area contributed by atoms with Crippen molar-refractivity contribution < 1.29 is 14.3 Å². The Morgan fingerprint density at radius 2 is 2.00 bits per heavy atom. The monoisotopic (exact) mass is 359 g/mol. The van der Waals surface area contributed by atoms with Crippen LogP contribution < -0.4 is 4.74 Å². The number of hydrogen-bond acceptors (Lipinski definition) is 3. The summed E-state index contributed by atoms with van der Waals surface area (Å²) in [7, 11) is 0. The van der Waals surface area contributed by atoms with Gasteiger partial charge in [0.05, 0.1) is 18.6 Å². The molecule has 1 unspecified atom stereocenters. The SMILES string of the molecule is CC(C)COc1ccc(C(C)(C)C(=O)N2CCC3(CCCOC3)C2)cc1. The molecule has 0 aromatic heterocycles. The molecule has 4 heteroatoms. The van der Waals surface area contributed by atoms with Gasteiger partial charge in [-0.15, -0.1) is 0 Å². The predicted octanol–water partition coefficient (Wildman–Crippen LogP) is 4.03. The number of nitrogens with zero attached hydrogens (tertiary/aromatic N) is 1. The molecule has 1 aromatic rings. The van der Waals surface area contributed by atoms with E-state index in [0.717, 1.165) is 50.5 Å². The minimum Gasteiger partial charge on any atom is -0.493 e. The second-order valence-corrected chi connectivity index (χ2v) is 8.99. The van der Waals surface area contributed by atoms with E-state index in [0.29, 0.717) is 12.5 Å². The van der Waals surface area contributed by atoms with E-state index >= 15 is 0 Å². The van der Waals surface area contributed by atoms with Crippen LogP contribution in [0.4, 0.5) is 0 Å². The molecule has 0 bridgehead atoms. The summed E-state index contributed by atoms with van der Waals surface area (Å²) < 4.78 is 11.5. The molecular weight excluding hydrogens is 326 g/mol. The number of rotatable bonds is 5. The van der Waals surface area contributed by atoms with Crippen LogP contribution in [0.25, 0.3) is 0 Å². The highest BCUT2D eigenvalue weighted by molar-refractivity contribution is 5.87. The smallest absolute Gasteiger partial charge is 0.232 e. The number of carbonyl (C=O) groups is 1. The maximum Gasteiger partial charge on any atom is 0.232 e. The van der Waals surface area contributed by atoms with Crippen LogP contribution in [0.2, 0.25) is 0 Å². The molecule has 2 saturated heterocycles. The average Bonchev–Trinajstić information content (AvgIpc) is 3.03. The van der Waals surface area contributed by atoms with Gasteiger partial charge in [0, 0.05) is 25.1 Å². The molecule has 26 heavy (non-hydrogen) atoms. The number of carbonyl (C=O) groups excluding carboxylic acids is 1. The lowest BCUT2D eigenvalue weighted by molar-refractivity contribution is -0.136. The van der Waals surface area contributed by atoms with Crippen LogP contribution >= 0.6 is 0 Å². The fourth-order valence-electron chi connectivity index (χ4n) is 4.09. The molecule has 0 radical (unpaired) electrons. The highest BCUT2D eigenvalue weighted by Gasteiger charge is 2.44. The van der Waals surface area contributed by atoms with Gasteiger partial charge in [0.15, 0.2) is 0 Å². The lowest BCUT2D eigenvalue weighted by atomic mass is 9.81. The highest BCUT2D eigenvalue weighted by atomic mass is 16.5. The number of hydrogen-bond donors (Lipinski definition) is 0. The standard InChI is InChI=1S/C22H33NO3/c1-17(2)14-26-19-8-6-18(7-9-19)21(3,4)20(24)23-12-11-22(15-23)10-5-13-25-16-22/h6-9,17H,5,10-16H2,1-4H3. The summed E-state index contributed by atoms with van der Waals surface area (Å²) in [6.07, 6.45) is 3.36. The zero-order valence-electron chi connectivity index (χ0n) is 16.7. The Labute approximate surface area is 157 Å². The summed E-state index contributed by atoms with van der Waals surface area (Å²) in [5.74, 6) is 1.58. The first-order valence-corrected chi connectivity index (χ1v) is 9.93. The van der Waals surface area contributed by atoms with E-state index in [1.54, 1.807) is 0 Å². The van der Waals surface area contributed by atoms with Gasteiger partial charge in [-0.25, -0.2) is 0 Å². The van der Waals surface area contributed by atoms with Crippen molar-refractivity contribution in [2.45, 2.75) is 52.4 Å². The van der Waals surface area contributed by atoms with Crippen molar-refractivity contribution in [3.63, 3.8) is 0 Å². The van der Waals surface area contributed by atoms with Crippen LogP contribution in [0.15, 0.2) is 24.3 Å². The minimum absolute atomic E-state index is 0.193. The number of benzene rings is 1. The number of ether oxygens (including phenoxy) is 2. The maximum absolute atomic E-state index is 13.2. The van der Waals surface area contributed by atoms with E-state index in [4.69, 9.17) is 9.47 Å². The molecule has 2 aliphatic rings. The Morgan fingerprint density at radius 1 is 1.27 bits per heavy atom. The Hall–Kier alpha value is -1.55. The second-order valence-electron chi connectivity index (χ2n) is 8.99. The van der Waals surface area contributed by atoms with Crippen molar-refractivity contribution in [3.05, 3.63) is 29.8 Å². The Balaban J connectivity index is 1.66. The molecule has 144 valence electrons. The van der Waals surface area contributed by atoms with E-state index in [1.165, 1.54) is 6.42 Å². The van der Waals surface area contributed by atoms with E-state index in [1.807, 2.05) is 38.1 Å². The summed E-state index contributed by atoms with van der Waals surface area (Å²) in [5.41, 5.74) is 0.705. The second kappa shape index (κ2) is 7.59. The molecule has 1 spiro atoms. The van der Waals surface area contributed by atoms with Gasteiger partial charge < -0.3 is 14.4 Å². The largest absolute Gasteiger partial charge is 0.493 e. The molecule has 0 saturated carbocycles. The molecule has 1 atom stereocenters. The fourth-order valence-corrected chi connectivity index (χ4v) is 4.09. The summed E-state index contributed by atoms with van der Waals surface area (Å²) in [4.78, 5) is 15.3. The highest BCUT2D eigenvalue weighted by Crippen LogP contribution is 2.40. The summed E-state index contributed by atoms with van der Waals surface area (Å²) in [6, 6.07) is 8.02. The number of amides is 1. The van der Waals surface area contributed by atoms with Gasteiger partial charge in [0.25, 0.3) is 0 Å². The first kappa shape index (κ1) is 19.2. The van der Waals surface area contributed by atoms with Crippen LogP contribution in [0, 0.1) is 11.3 Å². The molecule has 0 N–H and O–H groups in total. The van der Waals surface area contributed by atoms with E-state index in [9.17, 15) is 4.79 Å². The lowest BCUT2D eigenvalue weighted by Crippen LogP contribution is -2.44. The molecule has 1 aromatic carbocycles. The summed E-state index contributed by atoms with van der Waals surface area (Å²) in [5, 5.41) is 0. The third-order valence-corrected chi connectivity index (χ3v) is 5.82. The minimum atomic E-state index is -0.530. The molecule has 4 nitrogen and oxygen atoms in total. The third-order valence-electron chi connectivity index (χ3n) is 5.82. The molecule has 3 rings (SSSR count). The van der Waals surface area contributed by atoms with Crippen molar-refractivity contribution in [1.29, 1.82) is 0 Å². The normalized spacial score (nSPS) is 23.7. The Kier molecular flexibility index (Phi) is 5.61. The molecule has 0 aliphatic carbocycles. The zero-order chi connectivity index (χ0) is 18.8. The van der Waals surface area contributed by atoms with Crippen LogP contribution in [-0.2, 0) is 14.9 Å². The molecule has 2 fully saturated rings. The van der Waals surface area contributed by atoms with Crippen molar-refractivity contribution >= 4 is 5.91 Å². The van der Waals surface area contributed by atoms with Gasteiger partial charge in [0.1, 0.15) is 5.75 Å². The molecular formula is C22H33NO3. The van der Waals surface area contributed by atoms with E-state index < -0.39 is 5.41 Å². The fraction of sp³-hybridized carbons (Fsp3) is 0.682. The van der Waals surface area contributed by atoms with Crippen LogP contribution in [0.5, 0.6) is 5.75 Å². The summed E-state index contributed by atoms with van der Waals surface area (Å²) in [6.45, 7) is 12.4. The quantitative estimate of drug-likeness (QED) is 0.797. The van der Waals surface area contributed by atoms with Crippen molar-refractivity contribution in [2.24, 2.45) is 11.3 Å². The van der Waals surface area contributed by atoms with E-state index in [-0.39, 0.29) is 11.3 Å². The van der Waals surface area contributed by atoms with Crippen LogP contribution in [0.3, 0.4) is 0 Å². The van der Waals surface area contributed by atoms with Gasteiger partial charge in [-0.05, 0) is 56.7 Å². The van der Waals surface area contributed by atoms with Gasteiger partial charge in [-0.3, -0.25) is 4.79 Å². The topological polar surface area (TPSA) is 38.8 Å². The zero-order valence-corrected chi connectivity index (χ0v) is 16.7. The summed E-state index contributed by atoms with van der Waals surface area (Å²) >= 11 is 0. The molecule has 2 heterocycles.